The van der Waals surface area contributed by atoms with Gasteiger partial charge in [0.1, 0.15) is 0 Å². The molecule has 0 bridgehead atoms. The number of pyridine rings is 1. The summed E-state index contributed by atoms with van der Waals surface area (Å²) < 4.78 is 5.97. The minimum atomic E-state index is 0.132. The number of ether oxygens (including phenoxy) is 1. The molecule has 1 aliphatic rings. The highest BCUT2D eigenvalue weighted by Gasteiger charge is 2.30. The summed E-state index contributed by atoms with van der Waals surface area (Å²) in [5.74, 6) is 1.16. The molecule has 0 N–H and O–H groups in total. The van der Waals surface area contributed by atoms with Gasteiger partial charge >= 0.3 is 0 Å². The second kappa shape index (κ2) is 12.9. The molecule has 5 rings (SSSR count). The normalized spacial score (nSPS) is 15.7. The number of unbranched alkanes of at least 4 members (excludes halogenated alkanes) is 1. The molecule has 0 spiro atoms. The van der Waals surface area contributed by atoms with Crippen molar-refractivity contribution in [2.45, 2.75) is 50.4 Å². The molecule has 3 nitrogen and oxygen atoms in total. The summed E-state index contributed by atoms with van der Waals surface area (Å²) in [6, 6.07) is 30.6. The van der Waals surface area contributed by atoms with Gasteiger partial charge in [-0.25, -0.2) is 4.98 Å². The molecule has 2 unspecified atom stereocenters. The number of hydrogen-bond donors (Lipinski definition) is 0. The van der Waals surface area contributed by atoms with Crippen LogP contribution in [0.15, 0.2) is 91.5 Å². The van der Waals surface area contributed by atoms with E-state index in [4.69, 9.17) is 9.72 Å². The molecule has 2 heterocycles. The predicted octanol–water partition coefficient (Wildman–Crippen LogP) is 8.46. The van der Waals surface area contributed by atoms with Crippen LogP contribution in [-0.4, -0.2) is 36.6 Å². The Morgan fingerprint density at radius 1 is 0.868 bits per heavy atom. The smallest absolute Gasteiger partial charge is 0.217 e. The lowest BCUT2D eigenvalue weighted by atomic mass is 9.75. The zero-order valence-corrected chi connectivity index (χ0v) is 22.7. The van der Waals surface area contributed by atoms with Crippen LogP contribution in [0.25, 0.3) is 17.0 Å². The third kappa shape index (κ3) is 6.16. The first-order valence-corrected chi connectivity index (χ1v) is 14.2. The van der Waals surface area contributed by atoms with Crippen LogP contribution in [0.2, 0.25) is 0 Å². The molecule has 3 aromatic carbocycles. The standard InChI is InChI=1S/C35H40N2O/c1-3-27-20-21-33-30(25-27)26-32(35(36-33)38-2)34(29-17-9-5-10-18-29)31(28-15-7-4-8-16-28)19-11-14-24-37-22-12-6-13-23-37/h3-5,7-10,15-18,20-21,25-26,31,34H,1,6,11-14,19,22-24H2,2H3. The molecule has 196 valence electrons. The van der Waals surface area contributed by atoms with Gasteiger partial charge in [0.05, 0.1) is 12.6 Å². The van der Waals surface area contributed by atoms with Crippen LogP contribution in [0.4, 0.5) is 0 Å². The summed E-state index contributed by atoms with van der Waals surface area (Å²) in [6.07, 6.45) is 9.54. The summed E-state index contributed by atoms with van der Waals surface area (Å²) in [5, 5.41) is 1.12. The number of fused-ring (bicyclic) bond motifs is 1. The van der Waals surface area contributed by atoms with Crippen LogP contribution in [-0.2, 0) is 0 Å². The van der Waals surface area contributed by atoms with Crippen LogP contribution in [0, 0.1) is 0 Å². The first kappa shape index (κ1) is 26.2. The fourth-order valence-electron chi connectivity index (χ4n) is 6.10. The summed E-state index contributed by atoms with van der Waals surface area (Å²) >= 11 is 0. The maximum atomic E-state index is 5.97. The van der Waals surface area contributed by atoms with E-state index in [-0.39, 0.29) is 5.92 Å². The summed E-state index contributed by atoms with van der Waals surface area (Å²) in [6.45, 7) is 7.71. The van der Waals surface area contributed by atoms with Gasteiger partial charge in [-0.3, -0.25) is 0 Å². The van der Waals surface area contributed by atoms with Crippen LogP contribution >= 0.6 is 0 Å². The van der Waals surface area contributed by atoms with E-state index in [1.807, 2.05) is 6.08 Å². The highest BCUT2D eigenvalue weighted by molar-refractivity contribution is 5.83. The van der Waals surface area contributed by atoms with E-state index >= 15 is 0 Å². The van der Waals surface area contributed by atoms with E-state index in [0.29, 0.717) is 11.8 Å². The highest BCUT2D eigenvalue weighted by atomic mass is 16.5. The van der Waals surface area contributed by atoms with Crippen molar-refractivity contribution in [3.8, 4) is 5.88 Å². The first-order valence-electron chi connectivity index (χ1n) is 14.2. The number of methoxy groups -OCH3 is 1. The maximum Gasteiger partial charge on any atom is 0.217 e. The van der Waals surface area contributed by atoms with Gasteiger partial charge in [-0.15, -0.1) is 0 Å². The SMILES string of the molecule is C=Cc1ccc2nc(OC)c(C(c3ccccc3)C(CCCCN3CCCCC3)c3ccccc3)cc2c1. The third-order valence-electron chi connectivity index (χ3n) is 8.07. The van der Waals surface area contributed by atoms with E-state index in [0.717, 1.165) is 28.5 Å². The largest absolute Gasteiger partial charge is 0.481 e. The molecule has 0 radical (unpaired) electrons. The van der Waals surface area contributed by atoms with Crippen LogP contribution < -0.4 is 4.74 Å². The molecule has 0 aliphatic carbocycles. The molecule has 1 fully saturated rings. The van der Waals surface area contributed by atoms with Crippen molar-refractivity contribution < 1.29 is 4.74 Å². The van der Waals surface area contributed by atoms with Gasteiger partial charge < -0.3 is 9.64 Å². The molecule has 2 atom stereocenters. The number of benzene rings is 3. The Kier molecular flexibility index (Phi) is 8.88. The Bertz CT molecular complexity index is 1310. The van der Waals surface area contributed by atoms with E-state index in [1.54, 1.807) is 7.11 Å². The van der Waals surface area contributed by atoms with E-state index in [1.165, 1.54) is 62.9 Å². The van der Waals surface area contributed by atoms with Crippen molar-refractivity contribution in [1.82, 2.24) is 9.88 Å². The van der Waals surface area contributed by atoms with Crippen molar-refractivity contribution in [2.24, 2.45) is 0 Å². The van der Waals surface area contributed by atoms with Crippen LogP contribution in [0.3, 0.4) is 0 Å². The Morgan fingerprint density at radius 3 is 2.26 bits per heavy atom. The second-order valence-corrected chi connectivity index (χ2v) is 10.5. The predicted molar refractivity (Wildman–Crippen MR) is 160 cm³/mol. The van der Waals surface area contributed by atoms with Crippen LogP contribution in [0.1, 0.15) is 72.6 Å². The number of rotatable bonds is 11. The van der Waals surface area contributed by atoms with Gasteiger partial charge in [-0.05, 0) is 86.1 Å². The molecule has 0 amide bonds. The molecule has 1 aromatic heterocycles. The monoisotopic (exact) mass is 504 g/mol. The zero-order chi connectivity index (χ0) is 26.2. The van der Waals surface area contributed by atoms with E-state index in [2.05, 4.69) is 96.4 Å². The Morgan fingerprint density at radius 2 is 1.58 bits per heavy atom. The van der Waals surface area contributed by atoms with E-state index < -0.39 is 0 Å². The fourth-order valence-corrected chi connectivity index (χ4v) is 6.10. The quantitative estimate of drug-likeness (QED) is 0.192. The second-order valence-electron chi connectivity index (χ2n) is 10.5. The molecule has 1 saturated heterocycles. The third-order valence-corrected chi connectivity index (χ3v) is 8.07. The number of aromatic nitrogens is 1. The highest BCUT2D eigenvalue weighted by Crippen LogP contribution is 2.45. The first-order chi connectivity index (χ1) is 18.8. The summed E-state index contributed by atoms with van der Waals surface area (Å²) in [4.78, 5) is 7.64. The Balaban J connectivity index is 1.54. The number of likely N-dealkylation sites (tertiary alicyclic amines) is 1. The molecular formula is C35H40N2O. The molecule has 3 heteroatoms. The number of hydrogen-bond acceptors (Lipinski definition) is 3. The average Bonchev–Trinajstić information content (AvgIpc) is 2.99. The van der Waals surface area contributed by atoms with Gasteiger partial charge in [-0.2, -0.15) is 0 Å². The topological polar surface area (TPSA) is 25.4 Å². The van der Waals surface area contributed by atoms with Gasteiger partial charge in [0.25, 0.3) is 0 Å². The molecule has 38 heavy (non-hydrogen) atoms. The lowest BCUT2D eigenvalue weighted by Crippen LogP contribution is -2.30. The Labute approximate surface area is 228 Å². The number of piperidine rings is 1. The van der Waals surface area contributed by atoms with Crippen molar-refractivity contribution in [2.75, 3.05) is 26.7 Å². The van der Waals surface area contributed by atoms with Gasteiger partial charge in [-0.1, -0.05) is 92.2 Å². The minimum Gasteiger partial charge on any atom is -0.481 e. The van der Waals surface area contributed by atoms with Crippen molar-refractivity contribution in [3.05, 3.63) is 114 Å². The minimum absolute atomic E-state index is 0.132. The van der Waals surface area contributed by atoms with E-state index in [9.17, 15) is 0 Å². The van der Waals surface area contributed by atoms with Gasteiger partial charge in [0.15, 0.2) is 0 Å². The molecule has 4 aromatic rings. The lowest BCUT2D eigenvalue weighted by molar-refractivity contribution is 0.223. The van der Waals surface area contributed by atoms with Crippen molar-refractivity contribution >= 4 is 17.0 Å². The average molecular weight is 505 g/mol. The van der Waals surface area contributed by atoms with Crippen molar-refractivity contribution in [1.29, 1.82) is 0 Å². The molecule has 1 aliphatic heterocycles. The fraction of sp³-hybridized carbons (Fsp3) is 0.343. The summed E-state index contributed by atoms with van der Waals surface area (Å²) in [5.41, 5.74) is 5.88. The Hall–Kier alpha value is -3.43. The van der Waals surface area contributed by atoms with Crippen LogP contribution in [0.5, 0.6) is 5.88 Å². The zero-order valence-electron chi connectivity index (χ0n) is 22.7. The number of nitrogens with zero attached hydrogens (tertiary/aromatic N) is 2. The van der Waals surface area contributed by atoms with Gasteiger partial charge in [0.2, 0.25) is 5.88 Å². The van der Waals surface area contributed by atoms with Crippen molar-refractivity contribution in [3.63, 3.8) is 0 Å². The summed E-state index contributed by atoms with van der Waals surface area (Å²) in [7, 11) is 1.74. The lowest BCUT2D eigenvalue weighted by Gasteiger charge is -2.31. The maximum absolute atomic E-state index is 5.97. The molecule has 0 saturated carbocycles. The van der Waals surface area contributed by atoms with Gasteiger partial charge in [0, 0.05) is 16.9 Å². The molecular weight excluding hydrogens is 464 g/mol.